The minimum atomic E-state index is -3.72. The average molecular weight is 460 g/mol. The second kappa shape index (κ2) is 9.96. The Morgan fingerprint density at radius 2 is 1.94 bits per heavy atom. The fourth-order valence-corrected chi connectivity index (χ4v) is 4.98. The zero-order valence-electron chi connectivity index (χ0n) is 16.7. The van der Waals surface area contributed by atoms with Gasteiger partial charge in [-0.1, -0.05) is 23.6 Å². The van der Waals surface area contributed by atoms with Crippen molar-refractivity contribution in [2.45, 2.75) is 17.7 Å². The Balaban J connectivity index is 1.56. The Hall–Kier alpha value is -2.86. The molecule has 31 heavy (non-hydrogen) atoms. The SMILES string of the molecule is C#Cc1cccc(NC(=O)CNC(=O)C2CCCN(S(=O)(=O)c3ccc(Cl)cc3)C2)c1. The second-order valence-corrected chi connectivity index (χ2v) is 9.52. The first-order valence-corrected chi connectivity index (χ1v) is 11.5. The van der Waals surface area contributed by atoms with E-state index in [1.54, 1.807) is 24.3 Å². The Morgan fingerprint density at radius 3 is 2.65 bits per heavy atom. The van der Waals surface area contributed by atoms with Crippen LogP contribution in [0.2, 0.25) is 5.02 Å². The van der Waals surface area contributed by atoms with E-state index in [4.69, 9.17) is 18.0 Å². The number of benzene rings is 2. The zero-order chi connectivity index (χ0) is 22.4. The van der Waals surface area contributed by atoms with Crippen molar-refractivity contribution in [3.63, 3.8) is 0 Å². The van der Waals surface area contributed by atoms with Gasteiger partial charge in [0.25, 0.3) is 0 Å². The summed E-state index contributed by atoms with van der Waals surface area (Å²) in [7, 11) is -3.72. The maximum atomic E-state index is 12.9. The van der Waals surface area contributed by atoms with Crippen molar-refractivity contribution < 1.29 is 18.0 Å². The van der Waals surface area contributed by atoms with Crippen molar-refractivity contribution in [2.75, 3.05) is 25.0 Å². The Morgan fingerprint density at radius 1 is 1.19 bits per heavy atom. The highest BCUT2D eigenvalue weighted by Gasteiger charge is 2.33. The van der Waals surface area contributed by atoms with Crippen LogP contribution in [0.25, 0.3) is 0 Å². The maximum absolute atomic E-state index is 12.9. The Bertz CT molecular complexity index is 1110. The highest BCUT2D eigenvalue weighted by atomic mass is 35.5. The minimum absolute atomic E-state index is 0.0582. The molecular formula is C22H22ClN3O4S. The quantitative estimate of drug-likeness (QED) is 0.649. The average Bonchev–Trinajstić information content (AvgIpc) is 2.78. The number of nitrogens with one attached hydrogen (secondary N) is 2. The summed E-state index contributed by atoms with van der Waals surface area (Å²) in [5.41, 5.74) is 1.17. The van der Waals surface area contributed by atoms with Crippen LogP contribution >= 0.6 is 11.6 Å². The topological polar surface area (TPSA) is 95.6 Å². The van der Waals surface area contributed by atoms with Crippen LogP contribution in [0, 0.1) is 18.3 Å². The third-order valence-electron chi connectivity index (χ3n) is 4.94. The maximum Gasteiger partial charge on any atom is 0.243 e. The van der Waals surface area contributed by atoms with Crippen LogP contribution in [0.15, 0.2) is 53.4 Å². The molecule has 0 aliphatic carbocycles. The van der Waals surface area contributed by atoms with Gasteiger partial charge in [0.05, 0.1) is 17.4 Å². The molecule has 1 atom stereocenters. The standard InChI is InChI=1S/C22H22ClN3O4S/c1-2-16-5-3-7-19(13-16)25-21(27)14-24-22(28)17-6-4-12-26(15-17)31(29,30)20-10-8-18(23)9-11-20/h1,3,5,7-11,13,17H,4,6,12,14-15H2,(H,24,28)(H,25,27). The molecule has 0 radical (unpaired) electrons. The fraction of sp³-hybridized carbons (Fsp3) is 0.273. The van der Waals surface area contributed by atoms with E-state index in [0.29, 0.717) is 35.7 Å². The molecule has 1 heterocycles. The summed E-state index contributed by atoms with van der Waals surface area (Å²) in [5.74, 6) is 1.19. The largest absolute Gasteiger partial charge is 0.347 e. The van der Waals surface area contributed by atoms with Gasteiger partial charge in [-0.3, -0.25) is 9.59 Å². The molecule has 1 aliphatic heterocycles. The van der Waals surface area contributed by atoms with Crippen LogP contribution in [0.5, 0.6) is 0 Å². The number of carbonyl (C=O) groups is 2. The first kappa shape index (κ1) is 22.8. The molecule has 2 aromatic rings. The number of hydrogen-bond acceptors (Lipinski definition) is 4. The first-order chi connectivity index (χ1) is 14.8. The summed E-state index contributed by atoms with van der Waals surface area (Å²) in [6.45, 7) is 0.170. The van der Waals surface area contributed by atoms with E-state index in [1.165, 1.54) is 28.6 Å². The van der Waals surface area contributed by atoms with Gasteiger partial charge in [0.15, 0.2) is 0 Å². The Kier molecular flexibility index (Phi) is 7.33. The number of sulfonamides is 1. The van der Waals surface area contributed by atoms with Crippen molar-refractivity contribution >= 4 is 39.1 Å². The van der Waals surface area contributed by atoms with E-state index in [-0.39, 0.29) is 23.9 Å². The predicted octanol–water partition coefficient (Wildman–Crippen LogP) is 2.48. The first-order valence-electron chi connectivity index (χ1n) is 9.69. The number of halogens is 1. The van der Waals surface area contributed by atoms with Crippen molar-refractivity contribution in [3.05, 3.63) is 59.1 Å². The van der Waals surface area contributed by atoms with Gasteiger partial charge < -0.3 is 10.6 Å². The lowest BCUT2D eigenvalue weighted by Gasteiger charge is -2.31. The summed E-state index contributed by atoms with van der Waals surface area (Å²) in [6, 6.07) is 12.7. The third-order valence-corrected chi connectivity index (χ3v) is 7.07. The van der Waals surface area contributed by atoms with Crippen LogP contribution in [-0.4, -0.2) is 44.2 Å². The van der Waals surface area contributed by atoms with Gasteiger partial charge in [-0.25, -0.2) is 8.42 Å². The van der Waals surface area contributed by atoms with Gasteiger partial charge in [-0.05, 0) is 55.3 Å². The number of anilines is 1. The minimum Gasteiger partial charge on any atom is -0.347 e. The van der Waals surface area contributed by atoms with Crippen LogP contribution in [0.3, 0.4) is 0 Å². The van der Waals surface area contributed by atoms with E-state index < -0.39 is 21.8 Å². The smallest absolute Gasteiger partial charge is 0.243 e. The van der Waals surface area contributed by atoms with Gasteiger partial charge in [0, 0.05) is 29.4 Å². The highest BCUT2D eigenvalue weighted by Crippen LogP contribution is 2.24. The molecule has 0 aromatic heterocycles. The van der Waals surface area contributed by atoms with Crippen LogP contribution in [0.1, 0.15) is 18.4 Å². The molecule has 3 rings (SSSR count). The number of nitrogens with zero attached hydrogens (tertiary/aromatic N) is 1. The summed E-state index contributed by atoms with van der Waals surface area (Å²) < 4.78 is 27.0. The summed E-state index contributed by atoms with van der Waals surface area (Å²) in [4.78, 5) is 24.8. The van der Waals surface area contributed by atoms with E-state index >= 15 is 0 Å². The molecule has 7 nitrogen and oxygen atoms in total. The summed E-state index contributed by atoms with van der Waals surface area (Å²) in [6.07, 6.45) is 6.44. The molecule has 2 aromatic carbocycles. The molecule has 1 unspecified atom stereocenters. The third kappa shape index (κ3) is 5.85. The van der Waals surface area contributed by atoms with Gasteiger partial charge in [-0.2, -0.15) is 4.31 Å². The molecule has 2 amide bonds. The number of hydrogen-bond donors (Lipinski definition) is 2. The van der Waals surface area contributed by atoms with Crippen LogP contribution in [0.4, 0.5) is 5.69 Å². The Labute approximate surface area is 186 Å². The van der Waals surface area contributed by atoms with E-state index in [2.05, 4.69) is 16.6 Å². The number of amides is 2. The lowest BCUT2D eigenvalue weighted by Crippen LogP contribution is -2.46. The number of rotatable bonds is 6. The van der Waals surface area contributed by atoms with Crippen LogP contribution in [-0.2, 0) is 19.6 Å². The fourth-order valence-electron chi connectivity index (χ4n) is 3.33. The van der Waals surface area contributed by atoms with E-state index in [0.717, 1.165) is 0 Å². The van der Waals surface area contributed by atoms with Crippen molar-refractivity contribution in [2.24, 2.45) is 5.92 Å². The van der Waals surface area contributed by atoms with E-state index in [9.17, 15) is 18.0 Å². The molecule has 2 N–H and O–H groups in total. The second-order valence-electron chi connectivity index (χ2n) is 7.15. The lowest BCUT2D eigenvalue weighted by atomic mass is 9.99. The molecule has 162 valence electrons. The molecule has 9 heteroatoms. The predicted molar refractivity (Wildman–Crippen MR) is 119 cm³/mol. The summed E-state index contributed by atoms with van der Waals surface area (Å²) >= 11 is 5.84. The van der Waals surface area contributed by atoms with Gasteiger partial charge in [-0.15, -0.1) is 6.42 Å². The molecule has 0 spiro atoms. The molecule has 1 fully saturated rings. The molecule has 1 saturated heterocycles. The van der Waals surface area contributed by atoms with Gasteiger partial charge >= 0.3 is 0 Å². The normalized spacial score (nSPS) is 16.8. The monoisotopic (exact) mass is 459 g/mol. The molecule has 0 saturated carbocycles. The molecular weight excluding hydrogens is 438 g/mol. The van der Waals surface area contributed by atoms with E-state index in [1.807, 2.05) is 0 Å². The molecule has 1 aliphatic rings. The lowest BCUT2D eigenvalue weighted by molar-refractivity contribution is -0.128. The zero-order valence-corrected chi connectivity index (χ0v) is 18.2. The van der Waals surface area contributed by atoms with Gasteiger partial charge in [0.2, 0.25) is 21.8 Å². The van der Waals surface area contributed by atoms with Crippen molar-refractivity contribution in [3.8, 4) is 12.3 Å². The van der Waals surface area contributed by atoms with Crippen LogP contribution < -0.4 is 10.6 Å². The summed E-state index contributed by atoms with van der Waals surface area (Å²) in [5, 5.41) is 5.70. The highest BCUT2D eigenvalue weighted by molar-refractivity contribution is 7.89. The number of piperidine rings is 1. The number of terminal acetylenes is 1. The van der Waals surface area contributed by atoms with Crippen molar-refractivity contribution in [1.82, 2.24) is 9.62 Å². The van der Waals surface area contributed by atoms with Gasteiger partial charge in [0.1, 0.15) is 0 Å². The number of carbonyl (C=O) groups excluding carboxylic acids is 2. The van der Waals surface area contributed by atoms with Crippen molar-refractivity contribution in [1.29, 1.82) is 0 Å². The molecule has 0 bridgehead atoms.